The number of carbonyl (C=O) groups is 2. The fourth-order valence-corrected chi connectivity index (χ4v) is 4.41. The van der Waals surface area contributed by atoms with Gasteiger partial charge in [-0.15, -0.1) is 0 Å². The molecule has 0 radical (unpaired) electrons. The lowest BCUT2D eigenvalue weighted by atomic mass is 9.93. The molecule has 2 fully saturated rings. The molecule has 2 saturated carbocycles. The van der Waals surface area contributed by atoms with E-state index in [2.05, 4.69) is 5.32 Å². The maximum atomic E-state index is 13.4. The predicted octanol–water partition coefficient (Wildman–Crippen LogP) is 5.80. The number of hydrogen-bond acceptors (Lipinski definition) is 2. The van der Waals surface area contributed by atoms with Crippen LogP contribution in [0.15, 0.2) is 18.2 Å². The van der Waals surface area contributed by atoms with E-state index in [0.29, 0.717) is 31.4 Å². The van der Waals surface area contributed by atoms with Gasteiger partial charge in [0, 0.05) is 23.2 Å². The lowest BCUT2D eigenvalue weighted by Gasteiger charge is -2.35. The monoisotopic (exact) mass is 478 g/mol. The Kier molecular flexibility index (Phi) is 6.79. The second-order valence-electron chi connectivity index (χ2n) is 9.95. The Bertz CT molecular complexity index is 865. The fourth-order valence-electron chi connectivity index (χ4n) is 4.41. The van der Waals surface area contributed by atoms with Gasteiger partial charge in [-0.1, -0.05) is 19.3 Å². The van der Waals surface area contributed by atoms with E-state index in [4.69, 9.17) is 0 Å². The molecule has 184 valence electrons. The summed E-state index contributed by atoms with van der Waals surface area (Å²) in [5, 5.41) is 2.83. The zero-order valence-corrected chi connectivity index (χ0v) is 18.7. The number of carbonyl (C=O) groups excluding carboxylic acids is 2. The van der Waals surface area contributed by atoms with Gasteiger partial charge in [0.15, 0.2) is 0 Å². The largest absolute Gasteiger partial charge is 0.416 e. The topological polar surface area (TPSA) is 49.4 Å². The standard InChI is InChI=1S/C23H28F6N2O2/c1-21(2,3)30-19(32)17-12-18(17)31(16-7-5-4-6-8-16)20(33)13-9-14(22(24,25)26)11-15(10-13)23(27,28)29/h9-11,16-18H,4-8,12H2,1-3H3,(H,30,32)/t17-,18-/m1/s1. The molecule has 0 spiro atoms. The van der Waals surface area contributed by atoms with E-state index in [0.717, 1.165) is 19.3 Å². The average molecular weight is 478 g/mol. The van der Waals surface area contributed by atoms with Gasteiger partial charge in [0.1, 0.15) is 0 Å². The van der Waals surface area contributed by atoms with Crippen molar-refractivity contribution in [3.05, 3.63) is 34.9 Å². The molecular weight excluding hydrogens is 450 g/mol. The van der Waals surface area contributed by atoms with E-state index in [9.17, 15) is 35.9 Å². The van der Waals surface area contributed by atoms with Crippen LogP contribution in [0, 0.1) is 5.92 Å². The summed E-state index contributed by atoms with van der Waals surface area (Å²) < 4.78 is 79.8. The highest BCUT2D eigenvalue weighted by atomic mass is 19.4. The zero-order chi connectivity index (χ0) is 24.8. The number of nitrogens with one attached hydrogen (secondary N) is 1. The van der Waals surface area contributed by atoms with Crippen molar-refractivity contribution in [2.75, 3.05) is 0 Å². The molecule has 0 saturated heterocycles. The summed E-state index contributed by atoms with van der Waals surface area (Å²) in [6.07, 6.45) is -6.01. The molecule has 3 rings (SSSR count). The second kappa shape index (κ2) is 8.83. The van der Waals surface area contributed by atoms with Crippen LogP contribution in [0.5, 0.6) is 0 Å². The first-order valence-corrected chi connectivity index (χ1v) is 11.0. The van der Waals surface area contributed by atoms with Crippen LogP contribution in [0.2, 0.25) is 0 Å². The van der Waals surface area contributed by atoms with Gasteiger partial charge in [-0.25, -0.2) is 0 Å². The molecule has 0 heterocycles. The van der Waals surface area contributed by atoms with Crippen molar-refractivity contribution in [3.63, 3.8) is 0 Å². The van der Waals surface area contributed by atoms with Gasteiger partial charge in [0.2, 0.25) is 5.91 Å². The van der Waals surface area contributed by atoms with Crippen LogP contribution in [0.3, 0.4) is 0 Å². The van der Waals surface area contributed by atoms with Crippen LogP contribution in [-0.4, -0.2) is 34.3 Å². The Morgan fingerprint density at radius 3 is 1.85 bits per heavy atom. The number of rotatable bonds is 4. The van der Waals surface area contributed by atoms with Crippen LogP contribution in [0.4, 0.5) is 26.3 Å². The Morgan fingerprint density at radius 1 is 0.879 bits per heavy atom. The summed E-state index contributed by atoms with van der Waals surface area (Å²) in [5.74, 6) is -1.71. The lowest BCUT2D eigenvalue weighted by Crippen LogP contribution is -2.46. The highest BCUT2D eigenvalue weighted by Gasteiger charge is 2.51. The van der Waals surface area contributed by atoms with E-state index < -0.39 is 52.4 Å². The number of amides is 2. The molecule has 2 amide bonds. The Balaban J connectivity index is 1.96. The van der Waals surface area contributed by atoms with Crippen LogP contribution in [-0.2, 0) is 17.1 Å². The molecule has 0 aliphatic heterocycles. The quantitative estimate of drug-likeness (QED) is 0.556. The van der Waals surface area contributed by atoms with E-state index in [1.54, 1.807) is 20.8 Å². The summed E-state index contributed by atoms with van der Waals surface area (Å²) in [5.41, 5.74) is -4.22. The van der Waals surface area contributed by atoms with Gasteiger partial charge < -0.3 is 10.2 Å². The maximum Gasteiger partial charge on any atom is 0.416 e. The van der Waals surface area contributed by atoms with Crippen molar-refractivity contribution in [3.8, 4) is 0 Å². The van der Waals surface area contributed by atoms with E-state index >= 15 is 0 Å². The lowest BCUT2D eigenvalue weighted by molar-refractivity contribution is -0.143. The molecule has 0 aromatic heterocycles. The van der Waals surface area contributed by atoms with Crippen molar-refractivity contribution in [2.45, 2.75) is 89.3 Å². The van der Waals surface area contributed by atoms with Gasteiger partial charge in [-0.05, 0) is 58.2 Å². The SMILES string of the molecule is CC(C)(C)NC(=O)[C@@H]1C[C@H]1N(C(=O)c1cc(C(F)(F)F)cc(C(F)(F)F)c1)C1CCCCC1. The first-order chi connectivity index (χ1) is 15.1. The van der Waals surface area contributed by atoms with Crippen molar-refractivity contribution >= 4 is 11.8 Å². The predicted molar refractivity (Wildman–Crippen MR) is 109 cm³/mol. The molecule has 0 unspecified atom stereocenters. The third kappa shape index (κ3) is 6.20. The molecule has 2 atom stereocenters. The molecule has 2 aliphatic carbocycles. The van der Waals surface area contributed by atoms with Crippen molar-refractivity contribution < 1.29 is 35.9 Å². The molecule has 1 aromatic carbocycles. The van der Waals surface area contributed by atoms with Gasteiger partial charge >= 0.3 is 12.4 Å². The minimum atomic E-state index is -5.04. The summed E-state index contributed by atoms with van der Waals surface area (Å²) >= 11 is 0. The van der Waals surface area contributed by atoms with Gasteiger partial charge in [0.25, 0.3) is 5.91 Å². The Hall–Kier alpha value is -2.26. The third-order valence-corrected chi connectivity index (χ3v) is 5.99. The maximum absolute atomic E-state index is 13.4. The molecule has 1 aromatic rings. The van der Waals surface area contributed by atoms with E-state index in [1.165, 1.54) is 4.90 Å². The number of nitrogens with zero attached hydrogens (tertiary/aromatic N) is 1. The number of alkyl halides is 6. The van der Waals surface area contributed by atoms with Crippen LogP contribution >= 0.6 is 0 Å². The highest BCUT2D eigenvalue weighted by Crippen LogP contribution is 2.42. The molecule has 1 N–H and O–H groups in total. The molecule has 33 heavy (non-hydrogen) atoms. The van der Waals surface area contributed by atoms with E-state index in [1.807, 2.05) is 0 Å². The molecule has 4 nitrogen and oxygen atoms in total. The molecule has 0 bridgehead atoms. The van der Waals surface area contributed by atoms with Crippen LogP contribution < -0.4 is 5.32 Å². The van der Waals surface area contributed by atoms with Crippen LogP contribution in [0.1, 0.15) is 80.8 Å². The summed E-state index contributed by atoms with van der Waals surface area (Å²) in [7, 11) is 0. The zero-order valence-electron chi connectivity index (χ0n) is 18.7. The molecule has 2 aliphatic rings. The van der Waals surface area contributed by atoms with Gasteiger partial charge in [-0.3, -0.25) is 9.59 Å². The normalized spacial score (nSPS) is 22.1. The summed E-state index contributed by atoms with van der Waals surface area (Å²) in [6, 6.07) is 0.0812. The van der Waals surface area contributed by atoms with Crippen molar-refractivity contribution in [1.29, 1.82) is 0 Å². The van der Waals surface area contributed by atoms with Crippen molar-refractivity contribution in [1.82, 2.24) is 10.2 Å². The molecular formula is C23H28F6N2O2. The summed E-state index contributed by atoms with van der Waals surface area (Å²) in [6.45, 7) is 5.40. The molecule has 10 heteroatoms. The third-order valence-electron chi connectivity index (χ3n) is 5.99. The second-order valence-corrected chi connectivity index (χ2v) is 9.95. The Labute approximate surface area is 188 Å². The number of halogens is 6. The fraction of sp³-hybridized carbons (Fsp3) is 0.652. The number of hydrogen-bond donors (Lipinski definition) is 1. The van der Waals surface area contributed by atoms with Crippen LogP contribution in [0.25, 0.3) is 0 Å². The van der Waals surface area contributed by atoms with Gasteiger partial charge in [0.05, 0.1) is 17.0 Å². The number of benzene rings is 1. The van der Waals surface area contributed by atoms with Crippen molar-refractivity contribution in [2.24, 2.45) is 5.92 Å². The Morgan fingerprint density at radius 2 is 1.39 bits per heavy atom. The van der Waals surface area contributed by atoms with Gasteiger partial charge in [-0.2, -0.15) is 26.3 Å². The minimum absolute atomic E-state index is 0.0123. The first kappa shape index (κ1) is 25.4. The smallest absolute Gasteiger partial charge is 0.351 e. The summed E-state index contributed by atoms with van der Waals surface area (Å²) in [4.78, 5) is 27.4. The minimum Gasteiger partial charge on any atom is -0.351 e. The van der Waals surface area contributed by atoms with E-state index in [-0.39, 0.29) is 18.0 Å². The highest BCUT2D eigenvalue weighted by molar-refractivity contribution is 5.96. The average Bonchev–Trinajstić information content (AvgIpc) is 3.46. The first-order valence-electron chi connectivity index (χ1n) is 11.0.